The second-order valence-corrected chi connectivity index (χ2v) is 4.31. The maximum Gasteiger partial charge on any atom is 0.308 e. The quantitative estimate of drug-likeness (QED) is 0.777. The van der Waals surface area contributed by atoms with Crippen LogP contribution in [0, 0.1) is 5.92 Å². The SMILES string of the molecule is O=C(NCCN1CC(C(=O)O)CC1=O)c1ccco1. The van der Waals surface area contributed by atoms with Gasteiger partial charge in [0.05, 0.1) is 12.2 Å². The van der Waals surface area contributed by atoms with Gasteiger partial charge in [0, 0.05) is 26.1 Å². The van der Waals surface area contributed by atoms with Gasteiger partial charge < -0.3 is 19.7 Å². The van der Waals surface area contributed by atoms with Crippen LogP contribution in [0.25, 0.3) is 0 Å². The molecule has 0 radical (unpaired) electrons. The third kappa shape index (κ3) is 3.12. The highest BCUT2D eigenvalue weighted by atomic mass is 16.4. The minimum Gasteiger partial charge on any atom is -0.481 e. The molecule has 2 heterocycles. The van der Waals surface area contributed by atoms with Gasteiger partial charge in [0.25, 0.3) is 5.91 Å². The Labute approximate surface area is 109 Å². The average molecular weight is 266 g/mol. The number of rotatable bonds is 5. The zero-order chi connectivity index (χ0) is 13.8. The summed E-state index contributed by atoms with van der Waals surface area (Å²) in [6.45, 7) is 0.761. The molecule has 1 saturated heterocycles. The van der Waals surface area contributed by atoms with Crippen LogP contribution in [0.15, 0.2) is 22.8 Å². The fraction of sp³-hybridized carbons (Fsp3) is 0.417. The number of carbonyl (C=O) groups excluding carboxylic acids is 2. The number of nitrogens with one attached hydrogen (secondary N) is 1. The van der Waals surface area contributed by atoms with Crippen molar-refractivity contribution in [2.24, 2.45) is 5.92 Å². The lowest BCUT2D eigenvalue weighted by Crippen LogP contribution is -2.36. The van der Waals surface area contributed by atoms with Crippen molar-refractivity contribution in [1.82, 2.24) is 10.2 Å². The van der Waals surface area contributed by atoms with Gasteiger partial charge >= 0.3 is 5.97 Å². The molecule has 1 atom stereocenters. The summed E-state index contributed by atoms with van der Waals surface area (Å²) >= 11 is 0. The third-order valence-electron chi connectivity index (χ3n) is 2.98. The lowest BCUT2D eigenvalue weighted by atomic mass is 10.1. The molecule has 1 unspecified atom stereocenters. The molecule has 1 aromatic heterocycles. The molecular weight excluding hydrogens is 252 g/mol. The Hall–Kier alpha value is -2.31. The van der Waals surface area contributed by atoms with E-state index >= 15 is 0 Å². The van der Waals surface area contributed by atoms with Crippen LogP contribution >= 0.6 is 0 Å². The molecule has 7 heteroatoms. The van der Waals surface area contributed by atoms with Crippen LogP contribution in [0.5, 0.6) is 0 Å². The molecule has 2 rings (SSSR count). The molecular formula is C12H14N2O5. The maximum absolute atomic E-state index is 11.5. The second-order valence-electron chi connectivity index (χ2n) is 4.31. The number of amides is 2. The highest BCUT2D eigenvalue weighted by Crippen LogP contribution is 2.17. The number of carbonyl (C=O) groups is 3. The number of furan rings is 1. The number of likely N-dealkylation sites (tertiary alicyclic amines) is 1. The summed E-state index contributed by atoms with van der Waals surface area (Å²) in [5.74, 6) is -1.95. The van der Waals surface area contributed by atoms with Crippen LogP contribution in [0.3, 0.4) is 0 Å². The van der Waals surface area contributed by atoms with E-state index in [4.69, 9.17) is 9.52 Å². The standard InChI is InChI=1S/C12H14N2O5/c15-10-6-8(12(17)18)7-14(10)4-3-13-11(16)9-2-1-5-19-9/h1-2,5,8H,3-4,6-7H2,(H,13,16)(H,17,18). The van der Waals surface area contributed by atoms with Gasteiger partial charge in [-0.15, -0.1) is 0 Å². The predicted molar refractivity (Wildman–Crippen MR) is 63.4 cm³/mol. The van der Waals surface area contributed by atoms with Gasteiger partial charge in [-0.3, -0.25) is 14.4 Å². The van der Waals surface area contributed by atoms with Crippen molar-refractivity contribution in [3.05, 3.63) is 24.2 Å². The summed E-state index contributed by atoms with van der Waals surface area (Å²) in [5, 5.41) is 11.4. The number of hydrogen-bond donors (Lipinski definition) is 2. The molecule has 1 aliphatic heterocycles. The average Bonchev–Trinajstić information content (AvgIpc) is 2.99. The van der Waals surface area contributed by atoms with Crippen LogP contribution in [-0.2, 0) is 9.59 Å². The molecule has 1 aliphatic rings. The van der Waals surface area contributed by atoms with E-state index in [0.29, 0.717) is 6.54 Å². The van der Waals surface area contributed by atoms with Gasteiger partial charge in [0.1, 0.15) is 0 Å². The van der Waals surface area contributed by atoms with Crippen molar-refractivity contribution >= 4 is 17.8 Å². The van der Waals surface area contributed by atoms with Gasteiger partial charge in [-0.25, -0.2) is 0 Å². The van der Waals surface area contributed by atoms with Gasteiger partial charge in [0.2, 0.25) is 5.91 Å². The van der Waals surface area contributed by atoms with E-state index in [2.05, 4.69) is 5.32 Å². The predicted octanol–water partition coefficient (Wildman–Crippen LogP) is -0.0575. The van der Waals surface area contributed by atoms with Crippen LogP contribution in [-0.4, -0.2) is 47.4 Å². The van der Waals surface area contributed by atoms with Gasteiger partial charge in [-0.2, -0.15) is 0 Å². The number of hydrogen-bond acceptors (Lipinski definition) is 4. The van der Waals surface area contributed by atoms with E-state index in [-0.39, 0.29) is 37.1 Å². The van der Waals surface area contributed by atoms with E-state index in [1.54, 1.807) is 6.07 Å². The van der Waals surface area contributed by atoms with Crippen molar-refractivity contribution < 1.29 is 23.9 Å². The fourth-order valence-corrected chi connectivity index (χ4v) is 1.95. The molecule has 7 nitrogen and oxygen atoms in total. The summed E-state index contributed by atoms with van der Waals surface area (Å²) in [7, 11) is 0. The van der Waals surface area contributed by atoms with Gasteiger partial charge in [-0.1, -0.05) is 0 Å². The van der Waals surface area contributed by atoms with E-state index in [0.717, 1.165) is 0 Å². The smallest absolute Gasteiger partial charge is 0.308 e. The van der Waals surface area contributed by atoms with Crippen LogP contribution in [0.2, 0.25) is 0 Å². The molecule has 0 aromatic carbocycles. The van der Waals surface area contributed by atoms with Crippen molar-refractivity contribution in [3.8, 4) is 0 Å². The summed E-state index contributed by atoms with van der Waals surface area (Å²) in [4.78, 5) is 35.3. The molecule has 2 N–H and O–H groups in total. The third-order valence-corrected chi connectivity index (χ3v) is 2.98. The zero-order valence-electron chi connectivity index (χ0n) is 10.2. The minimum atomic E-state index is -0.963. The summed E-state index contributed by atoms with van der Waals surface area (Å²) in [6, 6.07) is 3.15. The largest absolute Gasteiger partial charge is 0.481 e. The first kappa shape index (κ1) is 13.1. The highest BCUT2D eigenvalue weighted by molar-refractivity contribution is 5.91. The molecule has 1 aromatic rings. The van der Waals surface area contributed by atoms with Crippen molar-refractivity contribution in [2.75, 3.05) is 19.6 Å². The first-order valence-corrected chi connectivity index (χ1v) is 5.90. The van der Waals surface area contributed by atoms with Gasteiger partial charge in [0.15, 0.2) is 5.76 Å². The maximum atomic E-state index is 11.5. The summed E-state index contributed by atoms with van der Waals surface area (Å²) in [6.07, 6.45) is 1.43. The molecule has 2 amide bonds. The Bertz CT molecular complexity index is 482. The molecule has 0 spiro atoms. The van der Waals surface area contributed by atoms with E-state index < -0.39 is 11.9 Å². The lowest BCUT2D eigenvalue weighted by Gasteiger charge is -2.15. The molecule has 1 fully saturated rings. The normalized spacial score (nSPS) is 18.6. The highest BCUT2D eigenvalue weighted by Gasteiger charge is 2.33. The Morgan fingerprint density at radius 3 is 2.89 bits per heavy atom. The van der Waals surface area contributed by atoms with Crippen molar-refractivity contribution in [3.63, 3.8) is 0 Å². The first-order valence-electron chi connectivity index (χ1n) is 5.90. The number of carboxylic acids is 1. The Balaban J connectivity index is 1.76. The Morgan fingerprint density at radius 2 is 2.32 bits per heavy atom. The van der Waals surface area contributed by atoms with E-state index in [1.807, 2.05) is 0 Å². The minimum absolute atomic E-state index is 0.0292. The Kier molecular flexibility index (Phi) is 3.84. The fourth-order valence-electron chi connectivity index (χ4n) is 1.95. The van der Waals surface area contributed by atoms with E-state index in [1.165, 1.54) is 17.2 Å². The van der Waals surface area contributed by atoms with Crippen molar-refractivity contribution in [2.45, 2.75) is 6.42 Å². The molecule has 19 heavy (non-hydrogen) atoms. The molecule has 0 bridgehead atoms. The topological polar surface area (TPSA) is 99.9 Å². The zero-order valence-corrected chi connectivity index (χ0v) is 10.2. The molecule has 102 valence electrons. The van der Waals surface area contributed by atoms with E-state index in [9.17, 15) is 14.4 Å². The number of carboxylic acid groups (broad SMARTS) is 1. The summed E-state index contributed by atoms with van der Waals surface area (Å²) < 4.78 is 4.92. The second kappa shape index (κ2) is 5.55. The Morgan fingerprint density at radius 1 is 1.53 bits per heavy atom. The van der Waals surface area contributed by atoms with Crippen molar-refractivity contribution in [1.29, 1.82) is 0 Å². The molecule has 0 saturated carbocycles. The van der Waals surface area contributed by atoms with Gasteiger partial charge in [-0.05, 0) is 12.1 Å². The molecule has 0 aliphatic carbocycles. The van der Waals surface area contributed by atoms with Crippen LogP contribution in [0.4, 0.5) is 0 Å². The number of aliphatic carboxylic acids is 1. The van der Waals surface area contributed by atoms with Crippen LogP contribution in [0.1, 0.15) is 17.0 Å². The summed E-state index contributed by atoms with van der Waals surface area (Å²) in [5.41, 5.74) is 0. The lowest BCUT2D eigenvalue weighted by molar-refractivity contribution is -0.141. The van der Waals surface area contributed by atoms with Crippen LogP contribution < -0.4 is 5.32 Å². The first-order chi connectivity index (χ1) is 9.08. The monoisotopic (exact) mass is 266 g/mol. The number of nitrogens with zero attached hydrogens (tertiary/aromatic N) is 1.